The van der Waals surface area contributed by atoms with Gasteiger partial charge in [-0.15, -0.1) is 0 Å². The number of rotatable bonds is 1. The van der Waals surface area contributed by atoms with Crippen LogP contribution in [0.25, 0.3) is 10.9 Å². The van der Waals surface area contributed by atoms with Crippen LogP contribution in [0.2, 0.25) is 0 Å². The molecule has 0 aliphatic rings. The highest BCUT2D eigenvalue weighted by molar-refractivity contribution is 6.00. The summed E-state index contributed by atoms with van der Waals surface area (Å²) in [4.78, 5) is 13.3. The van der Waals surface area contributed by atoms with Gasteiger partial charge in [0.2, 0.25) is 0 Å². The van der Waals surface area contributed by atoms with E-state index in [1.165, 1.54) is 18.2 Å². The van der Waals surface area contributed by atoms with E-state index in [0.29, 0.717) is 0 Å². The van der Waals surface area contributed by atoms with Crippen LogP contribution in [-0.4, -0.2) is 10.9 Å². The van der Waals surface area contributed by atoms with Crippen molar-refractivity contribution in [2.24, 2.45) is 5.73 Å². The van der Waals surface area contributed by atoms with Crippen LogP contribution in [0.3, 0.4) is 0 Å². The third-order valence-corrected chi connectivity index (χ3v) is 2.24. The molecule has 84 valence electrons. The number of carbonyl (C=O) groups is 1. The molecule has 16 heavy (non-hydrogen) atoms. The number of amides is 1. The molecule has 0 spiro atoms. The third-order valence-electron chi connectivity index (χ3n) is 2.24. The van der Waals surface area contributed by atoms with Gasteiger partial charge in [0.1, 0.15) is 5.69 Å². The van der Waals surface area contributed by atoms with Gasteiger partial charge >= 0.3 is 6.18 Å². The standard InChI is InChI=1S/C10H7F3N2O/c11-10(12,13)7-5-3-1-2-4-6(5)15-8(7)9(14)16/h1-4,15H,(H2,14,16). The topological polar surface area (TPSA) is 58.9 Å². The monoisotopic (exact) mass is 228 g/mol. The molecule has 1 aromatic heterocycles. The fourth-order valence-corrected chi connectivity index (χ4v) is 1.62. The number of nitrogens with two attached hydrogens (primary N) is 1. The van der Waals surface area contributed by atoms with E-state index in [4.69, 9.17) is 5.73 Å². The average molecular weight is 228 g/mol. The number of aromatic nitrogens is 1. The van der Waals surface area contributed by atoms with Crippen molar-refractivity contribution in [3.05, 3.63) is 35.5 Å². The number of carbonyl (C=O) groups excluding carboxylic acids is 1. The van der Waals surface area contributed by atoms with Crippen molar-refractivity contribution < 1.29 is 18.0 Å². The molecule has 3 N–H and O–H groups in total. The zero-order valence-electron chi connectivity index (χ0n) is 7.93. The van der Waals surface area contributed by atoms with Gasteiger partial charge in [0.25, 0.3) is 5.91 Å². The SMILES string of the molecule is NC(=O)c1[nH]c2ccccc2c1C(F)(F)F. The van der Waals surface area contributed by atoms with E-state index in [1.54, 1.807) is 6.07 Å². The molecular weight excluding hydrogens is 221 g/mol. The van der Waals surface area contributed by atoms with Crippen LogP contribution in [0.15, 0.2) is 24.3 Å². The molecule has 0 saturated carbocycles. The number of halogens is 3. The highest BCUT2D eigenvalue weighted by atomic mass is 19.4. The van der Waals surface area contributed by atoms with Gasteiger partial charge in [-0.25, -0.2) is 0 Å². The smallest absolute Gasteiger partial charge is 0.364 e. The zero-order valence-corrected chi connectivity index (χ0v) is 7.93. The average Bonchev–Trinajstić information content (AvgIpc) is 2.55. The quantitative estimate of drug-likeness (QED) is 0.772. The normalized spacial score (nSPS) is 11.9. The summed E-state index contributed by atoms with van der Waals surface area (Å²) in [7, 11) is 0. The molecule has 2 rings (SSSR count). The molecule has 2 aromatic rings. The number of primary amides is 1. The largest absolute Gasteiger partial charge is 0.419 e. The lowest BCUT2D eigenvalue weighted by Crippen LogP contribution is -2.18. The highest BCUT2D eigenvalue weighted by Gasteiger charge is 2.38. The molecule has 6 heteroatoms. The second kappa shape index (κ2) is 3.26. The van der Waals surface area contributed by atoms with E-state index in [-0.39, 0.29) is 10.9 Å². The maximum Gasteiger partial charge on any atom is 0.419 e. The second-order valence-corrected chi connectivity index (χ2v) is 3.28. The van der Waals surface area contributed by atoms with E-state index in [2.05, 4.69) is 4.98 Å². The summed E-state index contributed by atoms with van der Waals surface area (Å²) in [5, 5.41) is -0.0520. The minimum atomic E-state index is -4.61. The van der Waals surface area contributed by atoms with Gasteiger partial charge in [-0.1, -0.05) is 18.2 Å². The number of hydrogen-bond acceptors (Lipinski definition) is 1. The van der Waals surface area contributed by atoms with Gasteiger partial charge in [-0.2, -0.15) is 13.2 Å². The lowest BCUT2D eigenvalue weighted by molar-refractivity contribution is -0.136. The molecule has 0 fully saturated rings. The molecule has 0 radical (unpaired) electrons. The fourth-order valence-electron chi connectivity index (χ4n) is 1.62. The Labute approximate surface area is 88.1 Å². The first-order chi connectivity index (χ1) is 7.41. The number of para-hydroxylation sites is 1. The molecule has 0 aliphatic heterocycles. The van der Waals surface area contributed by atoms with Gasteiger partial charge < -0.3 is 10.7 Å². The maximum absolute atomic E-state index is 12.7. The molecule has 0 aliphatic carbocycles. The predicted molar refractivity (Wildman–Crippen MR) is 51.8 cm³/mol. The number of fused-ring (bicyclic) bond motifs is 1. The molecule has 1 aromatic carbocycles. The van der Waals surface area contributed by atoms with Crippen LogP contribution in [0.1, 0.15) is 16.1 Å². The molecule has 3 nitrogen and oxygen atoms in total. The summed E-state index contributed by atoms with van der Waals surface area (Å²) in [5.74, 6) is -1.12. The summed E-state index contributed by atoms with van der Waals surface area (Å²) in [6.07, 6.45) is -4.61. The van der Waals surface area contributed by atoms with Crippen LogP contribution in [0.4, 0.5) is 13.2 Å². The summed E-state index contributed by atoms with van der Waals surface area (Å²) in [5.41, 5.74) is 3.54. The number of alkyl halides is 3. The molecule has 0 saturated heterocycles. The Hall–Kier alpha value is -1.98. The predicted octanol–water partition coefficient (Wildman–Crippen LogP) is 2.29. The van der Waals surface area contributed by atoms with Crippen LogP contribution in [0.5, 0.6) is 0 Å². The summed E-state index contributed by atoms with van der Waals surface area (Å²) in [6.45, 7) is 0. The Morgan fingerprint density at radius 1 is 1.25 bits per heavy atom. The van der Waals surface area contributed by atoms with E-state index in [9.17, 15) is 18.0 Å². The van der Waals surface area contributed by atoms with Crippen molar-refractivity contribution in [1.82, 2.24) is 4.98 Å². The first kappa shape index (κ1) is 10.5. The fraction of sp³-hybridized carbons (Fsp3) is 0.100. The maximum atomic E-state index is 12.7. The van der Waals surface area contributed by atoms with Crippen molar-refractivity contribution in [2.45, 2.75) is 6.18 Å². The second-order valence-electron chi connectivity index (χ2n) is 3.28. The van der Waals surface area contributed by atoms with Crippen LogP contribution in [0, 0.1) is 0 Å². The Morgan fingerprint density at radius 2 is 1.88 bits per heavy atom. The van der Waals surface area contributed by atoms with Gasteiger partial charge in [0, 0.05) is 10.9 Å². The Bertz CT molecular complexity index is 557. The first-order valence-electron chi connectivity index (χ1n) is 4.39. The van der Waals surface area contributed by atoms with Gasteiger partial charge in [0.05, 0.1) is 5.56 Å². The summed E-state index contributed by atoms with van der Waals surface area (Å²) in [6, 6.07) is 5.79. The Kier molecular flexibility index (Phi) is 2.15. The van der Waals surface area contributed by atoms with E-state index in [1.807, 2.05) is 0 Å². The lowest BCUT2D eigenvalue weighted by atomic mass is 10.1. The molecule has 0 bridgehead atoms. The molecule has 0 atom stereocenters. The highest BCUT2D eigenvalue weighted by Crippen LogP contribution is 2.37. The minimum Gasteiger partial charge on any atom is -0.364 e. The zero-order chi connectivity index (χ0) is 11.9. The lowest BCUT2D eigenvalue weighted by Gasteiger charge is -2.06. The van der Waals surface area contributed by atoms with E-state index in [0.717, 1.165) is 0 Å². The Morgan fingerprint density at radius 3 is 2.44 bits per heavy atom. The van der Waals surface area contributed by atoms with Gasteiger partial charge in [-0.3, -0.25) is 4.79 Å². The molecular formula is C10H7F3N2O. The number of aromatic amines is 1. The number of benzene rings is 1. The molecule has 1 amide bonds. The number of hydrogen-bond donors (Lipinski definition) is 2. The minimum absolute atomic E-state index is 0.0520. The van der Waals surface area contributed by atoms with Crippen molar-refractivity contribution in [3.63, 3.8) is 0 Å². The summed E-state index contributed by atoms with van der Waals surface area (Å²) >= 11 is 0. The van der Waals surface area contributed by atoms with Crippen molar-refractivity contribution in [3.8, 4) is 0 Å². The van der Waals surface area contributed by atoms with Crippen LogP contribution < -0.4 is 5.73 Å². The number of nitrogens with one attached hydrogen (secondary N) is 1. The van der Waals surface area contributed by atoms with E-state index >= 15 is 0 Å². The number of H-pyrrole nitrogens is 1. The Balaban J connectivity index is 2.85. The van der Waals surface area contributed by atoms with Gasteiger partial charge in [-0.05, 0) is 6.07 Å². The van der Waals surface area contributed by atoms with Crippen molar-refractivity contribution in [1.29, 1.82) is 0 Å². The molecule has 1 heterocycles. The van der Waals surface area contributed by atoms with E-state index < -0.39 is 23.3 Å². The van der Waals surface area contributed by atoms with Crippen LogP contribution >= 0.6 is 0 Å². The van der Waals surface area contributed by atoms with Crippen molar-refractivity contribution >= 4 is 16.8 Å². The van der Waals surface area contributed by atoms with Gasteiger partial charge in [0.15, 0.2) is 0 Å². The third kappa shape index (κ3) is 1.52. The van der Waals surface area contributed by atoms with Crippen LogP contribution in [-0.2, 0) is 6.18 Å². The van der Waals surface area contributed by atoms with Crippen molar-refractivity contribution in [2.75, 3.05) is 0 Å². The summed E-state index contributed by atoms with van der Waals surface area (Å²) < 4.78 is 38.2. The first-order valence-corrected chi connectivity index (χ1v) is 4.39. The molecule has 0 unspecified atom stereocenters.